The van der Waals surface area contributed by atoms with Gasteiger partial charge in [0.2, 0.25) is 5.88 Å². The summed E-state index contributed by atoms with van der Waals surface area (Å²) < 4.78 is 30.8. The highest BCUT2D eigenvalue weighted by Gasteiger charge is 2.07. The van der Waals surface area contributed by atoms with Crippen molar-refractivity contribution in [1.29, 1.82) is 0 Å². The number of hydrogen-bond donors (Lipinski definition) is 0. The standard InChI is InChI=1S/C12H7F2NO2/c13-10-4-3-9(6-11(10)14)17-12-8(7-16)2-1-5-15-12/h1-7H. The summed E-state index contributed by atoms with van der Waals surface area (Å²) in [5, 5.41) is 0. The number of carbonyl (C=O) groups is 1. The van der Waals surface area contributed by atoms with Crippen molar-refractivity contribution in [2.75, 3.05) is 0 Å². The number of pyridine rings is 1. The Hall–Kier alpha value is -2.30. The van der Waals surface area contributed by atoms with E-state index in [1.54, 1.807) is 6.07 Å². The first kappa shape index (κ1) is 11.2. The summed E-state index contributed by atoms with van der Waals surface area (Å²) >= 11 is 0. The van der Waals surface area contributed by atoms with Gasteiger partial charge < -0.3 is 4.74 Å². The van der Waals surface area contributed by atoms with Gasteiger partial charge in [-0.25, -0.2) is 13.8 Å². The highest BCUT2D eigenvalue weighted by Crippen LogP contribution is 2.23. The minimum Gasteiger partial charge on any atom is -0.438 e. The quantitative estimate of drug-likeness (QED) is 0.768. The van der Waals surface area contributed by atoms with Gasteiger partial charge in [0.15, 0.2) is 17.9 Å². The molecule has 3 nitrogen and oxygen atoms in total. The number of hydrogen-bond acceptors (Lipinski definition) is 3. The molecule has 0 spiro atoms. The molecule has 86 valence electrons. The molecule has 0 unspecified atom stereocenters. The maximum atomic E-state index is 12.9. The molecule has 0 bridgehead atoms. The zero-order chi connectivity index (χ0) is 12.3. The summed E-state index contributed by atoms with van der Waals surface area (Å²) in [6, 6.07) is 6.16. The number of nitrogens with zero attached hydrogens (tertiary/aromatic N) is 1. The average molecular weight is 235 g/mol. The van der Waals surface area contributed by atoms with Gasteiger partial charge in [-0.05, 0) is 24.3 Å². The molecule has 0 saturated carbocycles. The molecule has 0 aliphatic carbocycles. The predicted molar refractivity (Wildman–Crippen MR) is 56.1 cm³/mol. The molecule has 2 rings (SSSR count). The van der Waals surface area contributed by atoms with Crippen molar-refractivity contribution in [2.24, 2.45) is 0 Å². The first-order valence-electron chi connectivity index (χ1n) is 4.74. The van der Waals surface area contributed by atoms with Crippen LogP contribution in [0, 0.1) is 11.6 Å². The SMILES string of the molecule is O=Cc1cccnc1Oc1ccc(F)c(F)c1. The Morgan fingerprint density at radius 3 is 2.71 bits per heavy atom. The summed E-state index contributed by atoms with van der Waals surface area (Å²) in [5.74, 6) is -1.86. The lowest BCUT2D eigenvalue weighted by molar-refractivity contribution is 0.112. The molecule has 0 aliphatic rings. The highest BCUT2D eigenvalue weighted by atomic mass is 19.2. The minimum absolute atomic E-state index is 0.0495. The normalized spacial score (nSPS) is 10.0. The van der Waals surface area contributed by atoms with E-state index < -0.39 is 11.6 Å². The van der Waals surface area contributed by atoms with E-state index in [0.717, 1.165) is 12.1 Å². The van der Waals surface area contributed by atoms with E-state index in [4.69, 9.17) is 4.74 Å². The molecule has 17 heavy (non-hydrogen) atoms. The van der Waals surface area contributed by atoms with Gasteiger partial charge in [0.05, 0.1) is 5.56 Å². The molecule has 5 heteroatoms. The van der Waals surface area contributed by atoms with Crippen molar-refractivity contribution >= 4 is 6.29 Å². The van der Waals surface area contributed by atoms with E-state index in [9.17, 15) is 13.6 Å². The Bertz CT molecular complexity index is 558. The van der Waals surface area contributed by atoms with Crippen molar-refractivity contribution < 1.29 is 18.3 Å². The summed E-state index contributed by atoms with van der Waals surface area (Å²) in [6.45, 7) is 0. The van der Waals surface area contributed by atoms with E-state index >= 15 is 0 Å². The Balaban J connectivity index is 2.31. The van der Waals surface area contributed by atoms with Gasteiger partial charge in [-0.2, -0.15) is 0 Å². The van der Waals surface area contributed by atoms with Crippen LogP contribution in [-0.2, 0) is 0 Å². The summed E-state index contributed by atoms with van der Waals surface area (Å²) in [4.78, 5) is 14.5. The zero-order valence-electron chi connectivity index (χ0n) is 8.56. The number of rotatable bonds is 3. The first-order valence-corrected chi connectivity index (χ1v) is 4.74. The lowest BCUT2D eigenvalue weighted by atomic mass is 10.3. The van der Waals surface area contributed by atoms with Crippen LogP contribution in [0.2, 0.25) is 0 Å². The molecule has 1 aromatic carbocycles. The minimum atomic E-state index is -1.02. The lowest BCUT2D eigenvalue weighted by Crippen LogP contribution is -1.94. The van der Waals surface area contributed by atoms with E-state index in [2.05, 4.69) is 4.98 Å². The Morgan fingerprint density at radius 2 is 2.00 bits per heavy atom. The van der Waals surface area contributed by atoms with Crippen LogP contribution in [0.3, 0.4) is 0 Å². The van der Waals surface area contributed by atoms with Crippen LogP contribution in [0.1, 0.15) is 10.4 Å². The largest absolute Gasteiger partial charge is 0.438 e. The Kier molecular flexibility index (Phi) is 3.09. The van der Waals surface area contributed by atoms with Gasteiger partial charge in [-0.1, -0.05) is 0 Å². The second-order valence-corrected chi connectivity index (χ2v) is 3.19. The van der Waals surface area contributed by atoms with Crippen LogP contribution in [0.5, 0.6) is 11.6 Å². The lowest BCUT2D eigenvalue weighted by Gasteiger charge is -2.06. The third kappa shape index (κ3) is 2.44. The number of aldehydes is 1. The molecule has 0 saturated heterocycles. The van der Waals surface area contributed by atoms with Crippen LogP contribution in [-0.4, -0.2) is 11.3 Å². The molecular weight excluding hydrogens is 228 g/mol. The molecule has 2 aromatic rings. The Labute approximate surface area is 95.7 Å². The van der Waals surface area contributed by atoms with Gasteiger partial charge >= 0.3 is 0 Å². The van der Waals surface area contributed by atoms with Crippen LogP contribution in [0.15, 0.2) is 36.5 Å². The molecule has 0 aliphatic heterocycles. The second-order valence-electron chi connectivity index (χ2n) is 3.19. The third-order valence-electron chi connectivity index (χ3n) is 2.03. The summed E-state index contributed by atoms with van der Waals surface area (Å²) in [5.41, 5.74) is 0.234. The predicted octanol–water partition coefficient (Wildman–Crippen LogP) is 2.96. The van der Waals surface area contributed by atoms with Crippen LogP contribution >= 0.6 is 0 Å². The molecule has 0 atom stereocenters. The van der Waals surface area contributed by atoms with Crippen LogP contribution < -0.4 is 4.74 Å². The number of halogens is 2. The van der Waals surface area contributed by atoms with Gasteiger partial charge in [-0.15, -0.1) is 0 Å². The van der Waals surface area contributed by atoms with E-state index in [-0.39, 0.29) is 17.2 Å². The monoisotopic (exact) mass is 235 g/mol. The third-order valence-corrected chi connectivity index (χ3v) is 2.03. The van der Waals surface area contributed by atoms with Crippen molar-refractivity contribution in [2.45, 2.75) is 0 Å². The number of benzene rings is 1. The number of ether oxygens (including phenoxy) is 1. The van der Waals surface area contributed by atoms with Crippen molar-refractivity contribution in [1.82, 2.24) is 4.98 Å². The smallest absolute Gasteiger partial charge is 0.229 e. The van der Waals surface area contributed by atoms with E-state index in [0.29, 0.717) is 6.29 Å². The highest BCUT2D eigenvalue weighted by molar-refractivity contribution is 5.78. The molecule has 1 heterocycles. The van der Waals surface area contributed by atoms with Crippen LogP contribution in [0.25, 0.3) is 0 Å². The molecule has 1 aromatic heterocycles. The van der Waals surface area contributed by atoms with Crippen LogP contribution in [0.4, 0.5) is 8.78 Å². The summed E-state index contributed by atoms with van der Waals surface area (Å²) in [6.07, 6.45) is 2.00. The second kappa shape index (κ2) is 4.69. The van der Waals surface area contributed by atoms with Gasteiger partial charge in [0.25, 0.3) is 0 Å². The fraction of sp³-hybridized carbons (Fsp3) is 0. The molecule has 0 N–H and O–H groups in total. The van der Waals surface area contributed by atoms with E-state index in [1.165, 1.54) is 18.3 Å². The average Bonchev–Trinajstić information content (AvgIpc) is 2.34. The topological polar surface area (TPSA) is 39.2 Å². The Morgan fingerprint density at radius 1 is 1.18 bits per heavy atom. The maximum absolute atomic E-state index is 12.9. The van der Waals surface area contributed by atoms with Gasteiger partial charge in [-0.3, -0.25) is 4.79 Å². The molecular formula is C12H7F2NO2. The van der Waals surface area contributed by atoms with Crippen molar-refractivity contribution in [3.8, 4) is 11.6 Å². The summed E-state index contributed by atoms with van der Waals surface area (Å²) in [7, 11) is 0. The fourth-order valence-electron chi connectivity index (χ4n) is 1.23. The molecule has 0 radical (unpaired) electrons. The van der Waals surface area contributed by atoms with Gasteiger partial charge in [0, 0.05) is 12.3 Å². The fourth-order valence-corrected chi connectivity index (χ4v) is 1.23. The molecule has 0 fully saturated rings. The van der Waals surface area contributed by atoms with E-state index in [1.807, 2.05) is 0 Å². The van der Waals surface area contributed by atoms with Gasteiger partial charge in [0.1, 0.15) is 5.75 Å². The maximum Gasteiger partial charge on any atom is 0.229 e. The number of carbonyl (C=O) groups excluding carboxylic acids is 1. The molecule has 0 amide bonds. The number of aromatic nitrogens is 1. The zero-order valence-corrected chi connectivity index (χ0v) is 8.56. The van der Waals surface area contributed by atoms with Crippen molar-refractivity contribution in [3.05, 3.63) is 53.7 Å². The first-order chi connectivity index (χ1) is 8.20. The van der Waals surface area contributed by atoms with Crippen molar-refractivity contribution in [3.63, 3.8) is 0 Å².